The van der Waals surface area contributed by atoms with Crippen molar-refractivity contribution in [2.24, 2.45) is 5.84 Å². The van der Waals surface area contributed by atoms with Crippen LogP contribution in [0, 0.1) is 15.9 Å². The monoisotopic (exact) mass is 265 g/mol. The molecule has 0 fully saturated rings. The standard InChI is InChI=1S/C10H8FN5O3/c11-6-1-2-8(7(3-6)16(17)18)19-10-5-13-4-9(14-10)15-12/h1-5H,12H2,(H,14,15). The van der Waals surface area contributed by atoms with Gasteiger partial charge in [0.25, 0.3) is 0 Å². The van der Waals surface area contributed by atoms with Crippen molar-refractivity contribution in [2.45, 2.75) is 0 Å². The molecule has 1 aromatic heterocycles. The van der Waals surface area contributed by atoms with Crippen molar-refractivity contribution in [3.05, 3.63) is 46.5 Å². The van der Waals surface area contributed by atoms with E-state index in [1.54, 1.807) is 0 Å². The average Bonchev–Trinajstić information content (AvgIpc) is 2.41. The molecule has 0 amide bonds. The van der Waals surface area contributed by atoms with Crippen LogP contribution in [0.15, 0.2) is 30.6 Å². The van der Waals surface area contributed by atoms with Crippen molar-refractivity contribution in [1.82, 2.24) is 9.97 Å². The number of nitrogens with one attached hydrogen (secondary N) is 1. The maximum absolute atomic E-state index is 13.0. The van der Waals surface area contributed by atoms with Gasteiger partial charge < -0.3 is 10.2 Å². The average molecular weight is 265 g/mol. The van der Waals surface area contributed by atoms with Gasteiger partial charge in [0.05, 0.1) is 23.4 Å². The topological polar surface area (TPSA) is 116 Å². The number of anilines is 1. The van der Waals surface area contributed by atoms with Gasteiger partial charge in [0, 0.05) is 0 Å². The molecule has 1 aromatic carbocycles. The largest absolute Gasteiger partial charge is 0.430 e. The van der Waals surface area contributed by atoms with Crippen LogP contribution in [0.2, 0.25) is 0 Å². The number of nitro benzene ring substituents is 1. The highest BCUT2D eigenvalue weighted by atomic mass is 19.1. The third kappa shape index (κ3) is 2.90. The van der Waals surface area contributed by atoms with Crippen molar-refractivity contribution >= 4 is 11.5 Å². The summed E-state index contributed by atoms with van der Waals surface area (Å²) in [6.07, 6.45) is 2.58. The number of nitrogens with zero attached hydrogens (tertiary/aromatic N) is 3. The molecule has 19 heavy (non-hydrogen) atoms. The lowest BCUT2D eigenvalue weighted by molar-refractivity contribution is -0.385. The molecule has 0 radical (unpaired) electrons. The second kappa shape index (κ2) is 5.23. The maximum atomic E-state index is 13.0. The Kier molecular flexibility index (Phi) is 3.48. The zero-order valence-corrected chi connectivity index (χ0v) is 9.41. The SMILES string of the molecule is NNc1cncc(Oc2ccc(F)cc2[N+](=O)[O-])n1. The predicted molar refractivity (Wildman–Crippen MR) is 63.0 cm³/mol. The second-order valence-electron chi connectivity index (χ2n) is 3.36. The first-order valence-electron chi connectivity index (χ1n) is 5.00. The van der Waals surface area contributed by atoms with E-state index in [9.17, 15) is 14.5 Å². The quantitative estimate of drug-likeness (QED) is 0.490. The molecule has 0 atom stereocenters. The summed E-state index contributed by atoms with van der Waals surface area (Å²) in [5.74, 6) is 4.48. The fourth-order valence-electron chi connectivity index (χ4n) is 1.30. The van der Waals surface area contributed by atoms with E-state index >= 15 is 0 Å². The summed E-state index contributed by atoms with van der Waals surface area (Å²) in [7, 11) is 0. The van der Waals surface area contributed by atoms with Gasteiger partial charge in [-0.1, -0.05) is 0 Å². The number of aromatic nitrogens is 2. The second-order valence-corrected chi connectivity index (χ2v) is 3.36. The molecule has 0 unspecified atom stereocenters. The van der Waals surface area contributed by atoms with Gasteiger partial charge in [-0.25, -0.2) is 10.2 Å². The molecule has 8 nitrogen and oxygen atoms in total. The number of halogens is 1. The van der Waals surface area contributed by atoms with Gasteiger partial charge in [-0.3, -0.25) is 15.1 Å². The van der Waals surface area contributed by atoms with Gasteiger partial charge in [0.2, 0.25) is 11.6 Å². The number of hydrogen-bond acceptors (Lipinski definition) is 7. The lowest BCUT2D eigenvalue weighted by Gasteiger charge is -2.06. The molecule has 0 aliphatic rings. The van der Waals surface area contributed by atoms with E-state index < -0.39 is 16.4 Å². The van der Waals surface area contributed by atoms with E-state index in [1.807, 2.05) is 0 Å². The Hall–Kier alpha value is -2.81. The number of nitrogen functional groups attached to an aromatic ring is 1. The van der Waals surface area contributed by atoms with Gasteiger partial charge in [-0.15, -0.1) is 0 Å². The van der Waals surface area contributed by atoms with Gasteiger partial charge in [-0.05, 0) is 12.1 Å². The van der Waals surface area contributed by atoms with Crippen LogP contribution in [0.1, 0.15) is 0 Å². The molecule has 1 heterocycles. The summed E-state index contributed by atoms with van der Waals surface area (Å²) in [6, 6.07) is 2.94. The lowest BCUT2D eigenvalue weighted by Crippen LogP contribution is -2.09. The molecule has 0 bridgehead atoms. The summed E-state index contributed by atoms with van der Waals surface area (Å²) in [5, 5.41) is 10.8. The van der Waals surface area contributed by atoms with E-state index in [1.165, 1.54) is 12.4 Å². The molecule has 0 aliphatic heterocycles. The minimum absolute atomic E-state index is 0.00911. The van der Waals surface area contributed by atoms with E-state index in [4.69, 9.17) is 10.6 Å². The number of benzene rings is 1. The lowest BCUT2D eigenvalue weighted by atomic mass is 10.3. The van der Waals surface area contributed by atoms with Gasteiger partial charge in [0.1, 0.15) is 5.82 Å². The van der Waals surface area contributed by atoms with Crippen molar-refractivity contribution in [2.75, 3.05) is 5.43 Å². The minimum atomic E-state index is -0.753. The first-order valence-corrected chi connectivity index (χ1v) is 5.00. The fourth-order valence-corrected chi connectivity index (χ4v) is 1.30. The Balaban J connectivity index is 2.34. The first-order chi connectivity index (χ1) is 9.10. The molecular formula is C10H8FN5O3. The summed E-state index contributed by atoms with van der Waals surface area (Å²) in [4.78, 5) is 17.7. The maximum Gasteiger partial charge on any atom is 0.314 e. The Morgan fingerprint density at radius 2 is 2.21 bits per heavy atom. The van der Waals surface area contributed by atoms with Crippen LogP contribution in [0.4, 0.5) is 15.9 Å². The number of nitrogens with two attached hydrogens (primary N) is 1. The fraction of sp³-hybridized carbons (Fsp3) is 0. The van der Waals surface area contributed by atoms with Crippen LogP contribution in [0.5, 0.6) is 11.6 Å². The minimum Gasteiger partial charge on any atom is -0.430 e. The van der Waals surface area contributed by atoms with E-state index in [-0.39, 0.29) is 17.4 Å². The highest BCUT2D eigenvalue weighted by Crippen LogP contribution is 2.30. The van der Waals surface area contributed by atoms with Crippen molar-refractivity contribution in [3.8, 4) is 11.6 Å². The summed E-state index contributed by atoms with van der Waals surface area (Å²) in [5.41, 5.74) is 1.75. The van der Waals surface area contributed by atoms with Gasteiger partial charge in [-0.2, -0.15) is 4.98 Å². The highest BCUT2D eigenvalue weighted by molar-refractivity contribution is 5.48. The van der Waals surface area contributed by atoms with Crippen molar-refractivity contribution in [3.63, 3.8) is 0 Å². The molecule has 3 N–H and O–H groups in total. The van der Waals surface area contributed by atoms with E-state index in [0.717, 1.165) is 18.2 Å². The molecular weight excluding hydrogens is 257 g/mol. The Bertz CT molecular complexity index is 622. The zero-order chi connectivity index (χ0) is 13.8. The Morgan fingerprint density at radius 3 is 2.89 bits per heavy atom. The summed E-state index contributed by atoms with van der Waals surface area (Å²) >= 11 is 0. The third-order valence-electron chi connectivity index (χ3n) is 2.09. The number of hydrazine groups is 1. The number of hydrogen-bond donors (Lipinski definition) is 2. The summed E-state index contributed by atoms with van der Waals surface area (Å²) in [6.45, 7) is 0. The number of ether oxygens (including phenoxy) is 1. The Morgan fingerprint density at radius 1 is 1.42 bits per heavy atom. The zero-order valence-electron chi connectivity index (χ0n) is 9.41. The van der Waals surface area contributed by atoms with Crippen LogP contribution >= 0.6 is 0 Å². The number of nitro groups is 1. The molecule has 2 rings (SSSR count). The predicted octanol–water partition coefficient (Wildman–Crippen LogP) is 1.60. The van der Waals surface area contributed by atoms with Gasteiger partial charge in [0.15, 0.2) is 5.82 Å². The van der Waals surface area contributed by atoms with Gasteiger partial charge >= 0.3 is 5.69 Å². The normalized spacial score (nSPS) is 10.0. The highest BCUT2D eigenvalue weighted by Gasteiger charge is 2.17. The van der Waals surface area contributed by atoms with Crippen molar-refractivity contribution in [1.29, 1.82) is 0 Å². The number of rotatable bonds is 4. The molecule has 0 spiro atoms. The van der Waals surface area contributed by atoms with Crippen LogP contribution in [0.25, 0.3) is 0 Å². The van der Waals surface area contributed by atoms with Crippen LogP contribution < -0.4 is 16.0 Å². The smallest absolute Gasteiger partial charge is 0.314 e. The van der Waals surface area contributed by atoms with E-state index in [2.05, 4.69) is 15.4 Å². The molecule has 0 saturated heterocycles. The third-order valence-corrected chi connectivity index (χ3v) is 2.09. The van der Waals surface area contributed by atoms with Crippen molar-refractivity contribution < 1.29 is 14.1 Å². The molecule has 0 saturated carbocycles. The molecule has 2 aromatic rings. The van der Waals surface area contributed by atoms with Crippen LogP contribution in [-0.4, -0.2) is 14.9 Å². The molecule has 98 valence electrons. The molecule has 9 heteroatoms. The van der Waals surface area contributed by atoms with E-state index in [0.29, 0.717) is 0 Å². The van der Waals surface area contributed by atoms with Crippen LogP contribution in [0.3, 0.4) is 0 Å². The Labute approximate surface area is 106 Å². The first kappa shape index (κ1) is 12.6. The summed E-state index contributed by atoms with van der Waals surface area (Å²) < 4.78 is 18.1. The molecule has 0 aliphatic carbocycles. The van der Waals surface area contributed by atoms with Crippen LogP contribution in [-0.2, 0) is 0 Å².